The van der Waals surface area contributed by atoms with Crippen LogP contribution in [-0.4, -0.2) is 82.3 Å². The van der Waals surface area contributed by atoms with Crippen LogP contribution >= 0.6 is 0 Å². The monoisotopic (exact) mass is 344 g/mol. The molecule has 1 N–H and O–H groups in total. The van der Waals surface area contributed by atoms with E-state index >= 15 is 0 Å². The highest BCUT2D eigenvalue weighted by Crippen LogP contribution is 2.38. The first-order chi connectivity index (χ1) is 10.9. The first kappa shape index (κ1) is 17.0. The summed E-state index contributed by atoms with van der Waals surface area (Å²) >= 11 is 0. The SMILES string of the molecule is CN=C(NC[C@H]1CCCN1S(C)(=O)=O)N1CCC2(CCOC2)C1. The number of aliphatic imine (C=N–C) groups is 1. The molecule has 1 unspecified atom stereocenters. The van der Waals surface area contributed by atoms with Gasteiger partial charge in [-0.15, -0.1) is 0 Å². The minimum Gasteiger partial charge on any atom is -0.381 e. The highest BCUT2D eigenvalue weighted by molar-refractivity contribution is 7.88. The van der Waals surface area contributed by atoms with Gasteiger partial charge in [0.25, 0.3) is 0 Å². The minimum atomic E-state index is -3.12. The predicted octanol–water partition coefficient (Wildman–Crippen LogP) is 0.0982. The smallest absolute Gasteiger partial charge is 0.211 e. The summed E-state index contributed by atoms with van der Waals surface area (Å²) in [7, 11) is -1.33. The second-order valence-electron chi connectivity index (χ2n) is 7.07. The van der Waals surface area contributed by atoms with E-state index in [-0.39, 0.29) is 6.04 Å². The number of hydrogen-bond acceptors (Lipinski definition) is 4. The molecule has 8 heteroatoms. The molecule has 3 aliphatic rings. The number of likely N-dealkylation sites (tertiary alicyclic amines) is 1. The Balaban J connectivity index is 1.56. The molecule has 0 aromatic carbocycles. The fourth-order valence-corrected chi connectivity index (χ4v) is 5.26. The van der Waals surface area contributed by atoms with E-state index in [9.17, 15) is 8.42 Å². The number of nitrogens with zero attached hydrogens (tertiary/aromatic N) is 3. The fourth-order valence-electron chi connectivity index (χ4n) is 4.08. The van der Waals surface area contributed by atoms with Crippen molar-refractivity contribution in [3.63, 3.8) is 0 Å². The topological polar surface area (TPSA) is 74.2 Å². The zero-order valence-corrected chi connectivity index (χ0v) is 14.9. The van der Waals surface area contributed by atoms with Gasteiger partial charge in [0, 0.05) is 51.3 Å². The van der Waals surface area contributed by atoms with Crippen molar-refractivity contribution < 1.29 is 13.2 Å². The van der Waals surface area contributed by atoms with Gasteiger partial charge in [-0.25, -0.2) is 8.42 Å². The standard InChI is InChI=1S/C15H28N4O3S/c1-16-14(18-8-5-15(11-18)6-9-22-12-15)17-10-13-4-3-7-19(13)23(2,20)21/h13H,3-12H2,1-2H3,(H,16,17)/t13-,15?/m1/s1. The van der Waals surface area contributed by atoms with Crippen LogP contribution in [0.5, 0.6) is 0 Å². The normalized spacial score (nSPS) is 33.0. The highest BCUT2D eigenvalue weighted by atomic mass is 32.2. The van der Waals surface area contributed by atoms with Crippen LogP contribution in [0.3, 0.4) is 0 Å². The average Bonchev–Trinajstić information content (AvgIpc) is 3.22. The number of hydrogen-bond donors (Lipinski definition) is 1. The molecule has 2 atom stereocenters. The Bertz CT molecular complexity index is 557. The van der Waals surface area contributed by atoms with Gasteiger partial charge in [-0.1, -0.05) is 0 Å². The van der Waals surface area contributed by atoms with E-state index in [1.165, 1.54) is 6.26 Å². The molecule has 23 heavy (non-hydrogen) atoms. The summed E-state index contributed by atoms with van der Waals surface area (Å²) in [5.74, 6) is 0.883. The number of ether oxygens (including phenoxy) is 1. The Kier molecular flexibility index (Phi) is 4.85. The Labute approximate surface area is 139 Å². The third kappa shape index (κ3) is 3.64. The molecule has 0 aromatic heterocycles. The molecule has 1 spiro atoms. The summed E-state index contributed by atoms with van der Waals surface area (Å²) in [6.07, 6.45) is 5.42. The molecule has 3 rings (SSSR count). The Morgan fingerprint density at radius 2 is 2.22 bits per heavy atom. The number of nitrogens with one attached hydrogen (secondary N) is 1. The van der Waals surface area contributed by atoms with Crippen molar-refractivity contribution in [1.29, 1.82) is 0 Å². The van der Waals surface area contributed by atoms with Gasteiger partial charge in [-0.2, -0.15) is 4.31 Å². The van der Waals surface area contributed by atoms with Crippen molar-refractivity contribution >= 4 is 16.0 Å². The predicted molar refractivity (Wildman–Crippen MR) is 90.0 cm³/mol. The van der Waals surface area contributed by atoms with Crippen molar-refractivity contribution in [2.75, 3.05) is 52.7 Å². The van der Waals surface area contributed by atoms with Crippen LogP contribution in [0.25, 0.3) is 0 Å². The maximum absolute atomic E-state index is 11.8. The Hall–Kier alpha value is -0.860. The summed E-state index contributed by atoms with van der Waals surface area (Å²) in [6, 6.07) is 0.0353. The lowest BCUT2D eigenvalue weighted by molar-refractivity contribution is 0.156. The number of sulfonamides is 1. The van der Waals surface area contributed by atoms with E-state index in [2.05, 4.69) is 15.2 Å². The second-order valence-corrected chi connectivity index (χ2v) is 9.01. The largest absolute Gasteiger partial charge is 0.381 e. The van der Waals surface area contributed by atoms with Gasteiger partial charge in [0.1, 0.15) is 0 Å². The van der Waals surface area contributed by atoms with Gasteiger partial charge in [0.15, 0.2) is 5.96 Å². The van der Waals surface area contributed by atoms with Crippen molar-refractivity contribution in [2.45, 2.75) is 31.7 Å². The quantitative estimate of drug-likeness (QED) is 0.581. The van der Waals surface area contributed by atoms with E-state index in [1.807, 2.05) is 0 Å². The van der Waals surface area contributed by atoms with Crippen LogP contribution in [0.2, 0.25) is 0 Å². The summed E-state index contributed by atoms with van der Waals surface area (Å²) < 4.78 is 30.8. The average molecular weight is 344 g/mol. The van der Waals surface area contributed by atoms with E-state index in [0.717, 1.165) is 57.9 Å². The molecule has 0 bridgehead atoms. The maximum Gasteiger partial charge on any atom is 0.211 e. The second kappa shape index (κ2) is 6.57. The van der Waals surface area contributed by atoms with Gasteiger partial charge in [-0.3, -0.25) is 4.99 Å². The summed E-state index contributed by atoms with van der Waals surface area (Å²) in [5, 5.41) is 3.39. The first-order valence-corrected chi connectivity index (χ1v) is 10.3. The summed E-state index contributed by atoms with van der Waals surface area (Å²) in [6.45, 7) is 4.94. The van der Waals surface area contributed by atoms with Gasteiger partial charge in [-0.05, 0) is 25.7 Å². The molecular weight excluding hydrogens is 316 g/mol. The van der Waals surface area contributed by atoms with Crippen LogP contribution in [0, 0.1) is 5.41 Å². The Morgan fingerprint density at radius 3 is 2.87 bits per heavy atom. The molecule has 3 fully saturated rings. The molecule has 3 heterocycles. The number of guanidine groups is 1. The molecule has 0 saturated carbocycles. The van der Waals surface area contributed by atoms with E-state index in [1.54, 1.807) is 11.4 Å². The summed E-state index contributed by atoms with van der Waals surface area (Å²) in [4.78, 5) is 6.68. The molecular formula is C15H28N4O3S. The lowest BCUT2D eigenvalue weighted by atomic mass is 9.87. The van der Waals surface area contributed by atoms with Crippen LogP contribution in [0.4, 0.5) is 0 Å². The molecule has 0 radical (unpaired) electrons. The third-order valence-electron chi connectivity index (χ3n) is 5.38. The van der Waals surface area contributed by atoms with Gasteiger partial charge in [0.2, 0.25) is 10.0 Å². The van der Waals surface area contributed by atoms with Gasteiger partial charge >= 0.3 is 0 Å². The van der Waals surface area contributed by atoms with Crippen LogP contribution in [-0.2, 0) is 14.8 Å². The molecule has 132 valence electrons. The van der Waals surface area contributed by atoms with E-state index in [4.69, 9.17) is 4.74 Å². The molecule has 7 nitrogen and oxygen atoms in total. The van der Waals surface area contributed by atoms with Crippen LogP contribution in [0.1, 0.15) is 25.7 Å². The molecule has 0 aromatic rings. The maximum atomic E-state index is 11.8. The van der Waals surface area contributed by atoms with Crippen molar-refractivity contribution in [3.8, 4) is 0 Å². The van der Waals surface area contributed by atoms with Crippen molar-refractivity contribution in [1.82, 2.24) is 14.5 Å². The van der Waals surface area contributed by atoms with Gasteiger partial charge < -0.3 is 15.0 Å². The molecule has 3 aliphatic heterocycles. The van der Waals surface area contributed by atoms with Crippen LogP contribution < -0.4 is 5.32 Å². The fraction of sp³-hybridized carbons (Fsp3) is 0.933. The minimum absolute atomic E-state index is 0.0353. The van der Waals surface area contributed by atoms with Crippen LogP contribution in [0.15, 0.2) is 4.99 Å². The molecule has 0 amide bonds. The van der Waals surface area contributed by atoms with E-state index in [0.29, 0.717) is 18.5 Å². The third-order valence-corrected chi connectivity index (χ3v) is 6.71. The lowest BCUT2D eigenvalue weighted by Crippen LogP contribution is -2.47. The Morgan fingerprint density at radius 1 is 1.39 bits per heavy atom. The van der Waals surface area contributed by atoms with Gasteiger partial charge in [0.05, 0.1) is 12.9 Å². The highest BCUT2D eigenvalue weighted by Gasteiger charge is 2.42. The molecule has 3 saturated heterocycles. The van der Waals surface area contributed by atoms with E-state index < -0.39 is 10.0 Å². The van der Waals surface area contributed by atoms with Crippen molar-refractivity contribution in [3.05, 3.63) is 0 Å². The lowest BCUT2D eigenvalue weighted by Gasteiger charge is -2.27. The zero-order chi connectivity index (χ0) is 16.5. The van der Waals surface area contributed by atoms with Crippen molar-refractivity contribution in [2.24, 2.45) is 10.4 Å². The zero-order valence-electron chi connectivity index (χ0n) is 14.1. The molecule has 0 aliphatic carbocycles. The summed E-state index contributed by atoms with van der Waals surface area (Å²) in [5.41, 5.74) is 0.295. The number of rotatable bonds is 3. The first-order valence-electron chi connectivity index (χ1n) is 8.44.